The SMILES string of the molecule is CCCCS(=O)(=O)N1CCC(C(=O)N2C[C@@H](C)[C@H](C(=O)O)C2)CC1. The number of aliphatic carboxylic acids is 1. The largest absolute Gasteiger partial charge is 0.481 e. The molecule has 0 aromatic rings. The van der Waals surface area contributed by atoms with E-state index in [0.29, 0.717) is 38.9 Å². The summed E-state index contributed by atoms with van der Waals surface area (Å²) in [5.74, 6) is -1.43. The Morgan fingerprint density at radius 2 is 1.79 bits per heavy atom. The quantitative estimate of drug-likeness (QED) is 0.763. The van der Waals surface area contributed by atoms with Crippen LogP contribution in [0.1, 0.15) is 39.5 Å². The maximum Gasteiger partial charge on any atom is 0.308 e. The van der Waals surface area contributed by atoms with Crippen molar-refractivity contribution in [1.82, 2.24) is 9.21 Å². The Kier molecular flexibility index (Phi) is 6.25. The number of nitrogens with zero attached hydrogens (tertiary/aromatic N) is 2. The average molecular weight is 360 g/mol. The molecule has 2 heterocycles. The van der Waals surface area contributed by atoms with E-state index in [1.54, 1.807) is 4.90 Å². The summed E-state index contributed by atoms with van der Waals surface area (Å²) in [6.07, 6.45) is 2.54. The van der Waals surface area contributed by atoms with Gasteiger partial charge in [0.1, 0.15) is 0 Å². The zero-order valence-corrected chi connectivity index (χ0v) is 15.3. The number of likely N-dealkylation sites (tertiary alicyclic amines) is 1. The van der Waals surface area contributed by atoms with Gasteiger partial charge in [0.2, 0.25) is 15.9 Å². The van der Waals surface area contributed by atoms with Gasteiger partial charge in [-0.1, -0.05) is 20.3 Å². The van der Waals surface area contributed by atoms with Crippen LogP contribution < -0.4 is 0 Å². The molecule has 2 aliphatic heterocycles. The molecule has 1 amide bonds. The number of carbonyl (C=O) groups is 2. The van der Waals surface area contributed by atoms with Crippen molar-refractivity contribution in [2.45, 2.75) is 39.5 Å². The molecule has 0 spiro atoms. The normalized spacial score (nSPS) is 26.7. The highest BCUT2D eigenvalue weighted by Crippen LogP contribution is 2.28. The van der Waals surface area contributed by atoms with E-state index in [1.165, 1.54) is 4.31 Å². The molecule has 2 atom stereocenters. The van der Waals surface area contributed by atoms with Crippen molar-refractivity contribution in [3.05, 3.63) is 0 Å². The molecule has 8 heteroatoms. The molecule has 24 heavy (non-hydrogen) atoms. The summed E-state index contributed by atoms with van der Waals surface area (Å²) in [6.45, 7) is 5.33. The molecule has 7 nitrogen and oxygen atoms in total. The smallest absolute Gasteiger partial charge is 0.308 e. The Hall–Kier alpha value is -1.15. The summed E-state index contributed by atoms with van der Waals surface area (Å²) >= 11 is 0. The second-order valence-electron chi connectivity index (χ2n) is 7.01. The molecular weight excluding hydrogens is 332 g/mol. The summed E-state index contributed by atoms with van der Waals surface area (Å²) in [5.41, 5.74) is 0. The fourth-order valence-electron chi connectivity index (χ4n) is 3.56. The van der Waals surface area contributed by atoms with E-state index in [2.05, 4.69) is 0 Å². The highest BCUT2D eigenvalue weighted by Gasteiger charge is 2.40. The van der Waals surface area contributed by atoms with Crippen LogP contribution in [0.25, 0.3) is 0 Å². The van der Waals surface area contributed by atoms with Gasteiger partial charge in [-0.05, 0) is 25.2 Å². The molecule has 0 unspecified atom stereocenters. The molecule has 0 radical (unpaired) electrons. The van der Waals surface area contributed by atoms with Crippen molar-refractivity contribution in [3.63, 3.8) is 0 Å². The molecule has 2 aliphatic rings. The Labute approximate surface area is 144 Å². The van der Waals surface area contributed by atoms with Crippen LogP contribution in [0.2, 0.25) is 0 Å². The number of carboxylic acids is 1. The first-order valence-electron chi connectivity index (χ1n) is 8.75. The lowest BCUT2D eigenvalue weighted by Crippen LogP contribution is -2.44. The Morgan fingerprint density at radius 1 is 1.17 bits per heavy atom. The predicted octanol–water partition coefficient (Wildman–Crippen LogP) is 1.01. The van der Waals surface area contributed by atoms with Gasteiger partial charge in [-0.15, -0.1) is 0 Å². The monoisotopic (exact) mass is 360 g/mol. The third kappa shape index (κ3) is 4.27. The van der Waals surface area contributed by atoms with Gasteiger partial charge >= 0.3 is 5.97 Å². The molecule has 0 saturated carbocycles. The van der Waals surface area contributed by atoms with Crippen molar-refractivity contribution in [1.29, 1.82) is 0 Å². The number of carbonyl (C=O) groups excluding carboxylic acids is 1. The molecular formula is C16H28N2O5S. The van der Waals surface area contributed by atoms with Crippen LogP contribution >= 0.6 is 0 Å². The number of hydrogen-bond acceptors (Lipinski definition) is 4. The van der Waals surface area contributed by atoms with Crippen molar-refractivity contribution >= 4 is 21.9 Å². The minimum absolute atomic E-state index is 0.0174. The number of hydrogen-bond donors (Lipinski definition) is 1. The third-order valence-corrected chi connectivity index (χ3v) is 7.15. The van der Waals surface area contributed by atoms with Gasteiger partial charge < -0.3 is 10.0 Å². The summed E-state index contributed by atoms with van der Waals surface area (Å²) in [4.78, 5) is 25.4. The summed E-state index contributed by atoms with van der Waals surface area (Å²) in [6, 6.07) is 0. The topological polar surface area (TPSA) is 95.0 Å². The van der Waals surface area contributed by atoms with Crippen LogP contribution in [-0.4, -0.2) is 66.5 Å². The lowest BCUT2D eigenvalue weighted by Gasteiger charge is -2.32. The Bertz CT molecular complexity index is 569. The zero-order valence-electron chi connectivity index (χ0n) is 14.5. The van der Waals surface area contributed by atoms with Crippen LogP contribution in [0.15, 0.2) is 0 Å². The summed E-state index contributed by atoms with van der Waals surface area (Å²) < 4.78 is 25.9. The third-order valence-electron chi connectivity index (χ3n) is 5.19. The van der Waals surface area contributed by atoms with Gasteiger partial charge in [0.25, 0.3) is 0 Å². The first kappa shape index (κ1) is 19.2. The van der Waals surface area contributed by atoms with Crippen molar-refractivity contribution < 1.29 is 23.1 Å². The van der Waals surface area contributed by atoms with E-state index >= 15 is 0 Å². The number of carboxylic acid groups (broad SMARTS) is 1. The van der Waals surface area contributed by atoms with Gasteiger partial charge in [-0.3, -0.25) is 9.59 Å². The van der Waals surface area contributed by atoms with E-state index in [9.17, 15) is 23.1 Å². The standard InChI is InChI=1S/C16H28N2O5S/c1-3-4-9-24(22,23)18-7-5-13(6-8-18)15(19)17-10-12(2)14(11-17)16(20)21/h12-14H,3-11H2,1-2H3,(H,20,21)/t12-,14-/m1/s1. The van der Waals surface area contributed by atoms with Crippen LogP contribution in [0, 0.1) is 17.8 Å². The maximum atomic E-state index is 12.6. The highest BCUT2D eigenvalue weighted by molar-refractivity contribution is 7.89. The van der Waals surface area contributed by atoms with Crippen molar-refractivity contribution in [2.75, 3.05) is 31.9 Å². The lowest BCUT2D eigenvalue weighted by atomic mass is 9.96. The number of amides is 1. The maximum absolute atomic E-state index is 12.6. The van der Waals surface area contributed by atoms with Crippen LogP contribution in [0.3, 0.4) is 0 Å². The fraction of sp³-hybridized carbons (Fsp3) is 0.875. The first-order chi connectivity index (χ1) is 11.3. The van der Waals surface area contributed by atoms with Crippen LogP contribution in [0.5, 0.6) is 0 Å². The number of sulfonamides is 1. The fourth-order valence-corrected chi connectivity index (χ4v) is 5.24. The zero-order chi connectivity index (χ0) is 17.9. The second kappa shape index (κ2) is 7.82. The van der Waals surface area contributed by atoms with Crippen LogP contribution in [-0.2, 0) is 19.6 Å². The lowest BCUT2D eigenvalue weighted by molar-refractivity contribution is -0.142. The van der Waals surface area contributed by atoms with E-state index < -0.39 is 21.9 Å². The number of piperidine rings is 1. The van der Waals surface area contributed by atoms with Crippen molar-refractivity contribution in [3.8, 4) is 0 Å². The molecule has 138 valence electrons. The van der Waals surface area contributed by atoms with E-state index in [4.69, 9.17) is 0 Å². The summed E-state index contributed by atoms with van der Waals surface area (Å²) in [7, 11) is -3.21. The van der Waals surface area contributed by atoms with Gasteiger partial charge in [0.05, 0.1) is 11.7 Å². The molecule has 2 saturated heterocycles. The van der Waals surface area contributed by atoms with Gasteiger partial charge in [-0.2, -0.15) is 0 Å². The minimum Gasteiger partial charge on any atom is -0.481 e. The molecule has 0 aromatic carbocycles. The first-order valence-corrected chi connectivity index (χ1v) is 10.4. The van der Waals surface area contributed by atoms with Gasteiger partial charge in [0, 0.05) is 32.1 Å². The Balaban J connectivity index is 1.88. The van der Waals surface area contributed by atoms with Crippen molar-refractivity contribution in [2.24, 2.45) is 17.8 Å². The molecule has 0 aliphatic carbocycles. The Morgan fingerprint density at radius 3 is 2.29 bits per heavy atom. The number of rotatable bonds is 6. The highest BCUT2D eigenvalue weighted by atomic mass is 32.2. The predicted molar refractivity (Wildman–Crippen MR) is 89.9 cm³/mol. The molecule has 0 aromatic heterocycles. The van der Waals surface area contributed by atoms with Gasteiger partial charge in [-0.25, -0.2) is 12.7 Å². The number of unbranched alkanes of at least 4 members (excludes halogenated alkanes) is 1. The molecule has 2 rings (SSSR count). The van der Waals surface area contributed by atoms with Gasteiger partial charge in [0.15, 0.2) is 0 Å². The molecule has 2 fully saturated rings. The van der Waals surface area contributed by atoms with Crippen LogP contribution in [0.4, 0.5) is 0 Å². The van der Waals surface area contributed by atoms with E-state index in [1.807, 2.05) is 13.8 Å². The van der Waals surface area contributed by atoms with E-state index in [0.717, 1.165) is 6.42 Å². The van der Waals surface area contributed by atoms with E-state index in [-0.39, 0.29) is 30.0 Å². The summed E-state index contributed by atoms with van der Waals surface area (Å²) in [5, 5.41) is 9.18. The molecule has 0 bridgehead atoms. The molecule has 1 N–H and O–H groups in total. The average Bonchev–Trinajstić information content (AvgIpc) is 2.94. The minimum atomic E-state index is -3.21. The second-order valence-corrected chi connectivity index (χ2v) is 9.10.